The predicted molar refractivity (Wildman–Crippen MR) is 43.4 cm³/mol. The summed E-state index contributed by atoms with van der Waals surface area (Å²) in [5.41, 5.74) is 3.38. The summed E-state index contributed by atoms with van der Waals surface area (Å²) in [6.45, 7) is 7.28. The monoisotopic (exact) mass is 141 g/mol. The molecule has 1 heterocycles. The number of hydrogen-bond donors (Lipinski definition) is 1. The highest BCUT2D eigenvalue weighted by Crippen LogP contribution is 2.01. The van der Waals surface area contributed by atoms with Crippen molar-refractivity contribution in [2.75, 3.05) is 19.6 Å². The summed E-state index contributed by atoms with van der Waals surface area (Å²) in [5, 5.41) is 2.29. The molecule has 1 radical (unpaired) electrons. The molecular formula is C8H17N2. The van der Waals surface area contributed by atoms with Crippen LogP contribution < -0.4 is 5.43 Å². The van der Waals surface area contributed by atoms with E-state index >= 15 is 0 Å². The highest BCUT2D eigenvalue weighted by atomic mass is 15.5. The maximum absolute atomic E-state index is 3.83. The van der Waals surface area contributed by atoms with Crippen molar-refractivity contribution in [2.45, 2.75) is 25.7 Å². The van der Waals surface area contributed by atoms with Gasteiger partial charge in [0.2, 0.25) is 0 Å². The van der Waals surface area contributed by atoms with Crippen LogP contribution in [0.3, 0.4) is 0 Å². The third kappa shape index (κ3) is 2.67. The highest BCUT2D eigenvalue weighted by Gasteiger charge is 2.05. The molecule has 1 aliphatic heterocycles. The molecule has 0 aromatic rings. The molecule has 1 saturated heterocycles. The lowest BCUT2D eigenvalue weighted by Crippen LogP contribution is -2.38. The maximum Gasteiger partial charge on any atom is 0.0131 e. The lowest BCUT2D eigenvalue weighted by atomic mass is 10.2. The molecule has 1 aliphatic rings. The Morgan fingerprint density at radius 1 is 1.30 bits per heavy atom. The minimum Gasteiger partial charge on any atom is -0.255 e. The summed E-state index contributed by atoms with van der Waals surface area (Å²) < 4.78 is 0. The van der Waals surface area contributed by atoms with Crippen molar-refractivity contribution >= 4 is 0 Å². The molecule has 1 fully saturated rings. The van der Waals surface area contributed by atoms with Crippen molar-refractivity contribution in [3.8, 4) is 0 Å². The minimum absolute atomic E-state index is 1.01. The van der Waals surface area contributed by atoms with Gasteiger partial charge in [-0.3, -0.25) is 5.43 Å². The Labute approximate surface area is 63.6 Å². The molecule has 2 nitrogen and oxygen atoms in total. The molecule has 0 unspecified atom stereocenters. The Hall–Kier alpha value is -0.0800. The summed E-state index contributed by atoms with van der Waals surface area (Å²) in [6.07, 6.45) is 5.05. The minimum atomic E-state index is 1.01. The van der Waals surface area contributed by atoms with Crippen molar-refractivity contribution in [1.29, 1.82) is 0 Å². The Morgan fingerprint density at radius 2 is 2.20 bits per heavy atom. The average molecular weight is 141 g/mol. The zero-order chi connectivity index (χ0) is 7.23. The fourth-order valence-electron chi connectivity index (χ4n) is 1.30. The molecule has 59 valence electrons. The number of hydrazine groups is 1. The molecule has 0 saturated carbocycles. The van der Waals surface area contributed by atoms with Crippen LogP contribution in [-0.4, -0.2) is 24.6 Å². The average Bonchev–Trinajstić information content (AvgIpc) is 2.17. The number of hydrogen-bond acceptors (Lipinski definition) is 2. The summed E-state index contributed by atoms with van der Waals surface area (Å²) >= 11 is 0. The van der Waals surface area contributed by atoms with Crippen LogP contribution in [-0.2, 0) is 0 Å². The van der Waals surface area contributed by atoms with Crippen molar-refractivity contribution in [2.24, 2.45) is 0 Å². The Kier molecular flexibility index (Phi) is 3.76. The first-order valence-corrected chi connectivity index (χ1v) is 4.21. The molecule has 0 spiro atoms. The van der Waals surface area contributed by atoms with E-state index in [0.717, 1.165) is 19.5 Å². The van der Waals surface area contributed by atoms with E-state index in [1.807, 2.05) is 0 Å². The molecule has 0 amide bonds. The third-order valence-electron chi connectivity index (χ3n) is 1.87. The molecule has 1 N–H and O–H groups in total. The van der Waals surface area contributed by atoms with Crippen LogP contribution in [0, 0.1) is 6.92 Å². The topological polar surface area (TPSA) is 15.3 Å². The molecule has 0 aliphatic carbocycles. The standard InChI is InChI=1S/C8H17N2/c1-2-7-10-8-5-3-4-6-9-10/h9H,1-8H2. The van der Waals surface area contributed by atoms with E-state index in [2.05, 4.69) is 17.4 Å². The van der Waals surface area contributed by atoms with Gasteiger partial charge in [-0.1, -0.05) is 13.3 Å². The number of nitrogens with one attached hydrogen (secondary N) is 1. The molecule has 0 atom stereocenters. The van der Waals surface area contributed by atoms with Crippen molar-refractivity contribution in [3.05, 3.63) is 6.92 Å². The van der Waals surface area contributed by atoms with Crippen LogP contribution in [0.1, 0.15) is 25.7 Å². The SMILES string of the molecule is [CH2]CCN1CCCCCN1. The van der Waals surface area contributed by atoms with Gasteiger partial charge in [0.1, 0.15) is 0 Å². The van der Waals surface area contributed by atoms with Crippen LogP contribution in [0.4, 0.5) is 0 Å². The molecule has 1 rings (SSSR count). The molecule has 0 aromatic carbocycles. The summed E-state index contributed by atoms with van der Waals surface area (Å²) in [4.78, 5) is 0. The van der Waals surface area contributed by atoms with Crippen molar-refractivity contribution < 1.29 is 0 Å². The molecule has 2 heteroatoms. The van der Waals surface area contributed by atoms with Crippen LogP contribution in [0.5, 0.6) is 0 Å². The first-order chi connectivity index (χ1) is 4.93. The van der Waals surface area contributed by atoms with Gasteiger partial charge in [0.15, 0.2) is 0 Å². The van der Waals surface area contributed by atoms with Gasteiger partial charge in [0.25, 0.3) is 0 Å². The summed E-state index contributed by atoms with van der Waals surface area (Å²) in [5.74, 6) is 0. The first-order valence-electron chi connectivity index (χ1n) is 4.21. The van der Waals surface area contributed by atoms with Gasteiger partial charge < -0.3 is 0 Å². The lowest BCUT2D eigenvalue weighted by molar-refractivity contribution is 0.205. The van der Waals surface area contributed by atoms with Crippen LogP contribution in [0.15, 0.2) is 0 Å². The normalized spacial score (nSPS) is 22.5. The second-order valence-corrected chi connectivity index (χ2v) is 2.81. The zero-order valence-electron chi connectivity index (χ0n) is 6.60. The fourth-order valence-corrected chi connectivity index (χ4v) is 1.30. The maximum atomic E-state index is 3.83. The Morgan fingerprint density at radius 3 is 3.00 bits per heavy atom. The molecule has 0 bridgehead atoms. The van der Waals surface area contributed by atoms with Crippen LogP contribution >= 0.6 is 0 Å². The predicted octanol–water partition coefficient (Wildman–Crippen LogP) is 1.20. The second kappa shape index (κ2) is 4.69. The van der Waals surface area contributed by atoms with Crippen molar-refractivity contribution in [1.82, 2.24) is 10.4 Å². The van der Waals surface area contributed by atoms with E-state index in [9.17, 15) is 0 Å². The summed E-state index contributed by atoms with van der Waals surface area (Å²) in [6, 6.07) is 0. The molecular weight excluding hydrogens is 124 g/mol. The zero-order valence-corrected chi connectivity index (χ0v) is 6.60. The van der Waals surface area contributed by atoms with Gasteiger partial charge in [-0.2, -0.15) is 0 Å². The van der Waals surface area contributed by atoms with Gasteiger partial charge in [0.05, 0.1) is 0 Å². The second-order valence-electron chi connectivity index (χ2n) is 2.81. The number of rotatable bonds is 2. The van der Waals surface area contributed by atoms with Gasteiger partial charge in [0, 0.05) is 19.6 Å². The molecule has 10 heavy (non-hydrogen) atoms. The lowest BCUT2D eigenvalue weighted by Gasteiger charge is -2.19. The Balaban J connectivity index is 2.15. The Bertz CT molecular complexity index is 75.3. The third-order valence-corrected chi connectivity index (χ3v) is 1.87. The van der Waals surface area contributed by atoms with E-state index in [0.29, 0.717) is 0 Å². The largest absolute Gasteiger partial charge is 0.255 e. The van der Waals surface area contributed by atoms with E-state index < -0.39 is 0 Å². The number of nitrogens with zero attached hydrogens (tertiary/aromatic N) is 1. The first kappa shape index (κ1) is 8.02. The summed E-state index contributed by atoms with van der Waals surface area (Å²) in [7, 11) is 0. The van der Waals surface area contributed by atoms with Gasteiger partial charge in [-0.05, 0) is 19.3 Å². The van der Waals surface area contributed by atoms with Crippen LogP contribution in [0.25, 0.3) is 0 Å². The highest BCUT2D eigenvalue weighted by molar-refractivity contribution is 4.59. The smallest absolute Gasteiger partial charge is 0.0131 e. The molecule has 0 aromatic heterocycles. The van der Waals surface area contributed by atoms with E-state index in [1.165, 1.54) is 25.8 Å². The van der Waals surface area contributed by atoms with Crippen molar-refractivity contribution in [3.63, 3.8) is 0 Å². The van der Waals surface area contributed by atoms with Gasteiger partial charge >= 0.3 is 0 Å². The van der Waals surface area contributed by atoms with E-state index in [1.54, 1.807) is 0 Å². The van der Waals surface area contributed by atoms with E-state index in [4.69, 9.17) is 0 Å². The van der Waals surface area contributed by atoms with Gasteiger partial charge in [-0.15, -0.1) is 0 Å². The fraction of sp³-hybridized carbons (Fsp3) is 0.875. The quantitative estimate of drug-likeness (QED) is 0.621. The van der Waals surface area contributed by atoms with E-state index in [-0.39, 0.29) is 0 Å². The van der Waals surface area contributed by atoms with Crippen LogP contribution in [0.2, 0.25) is 0 Å². The van der Waals surface area contributed by atoms with Gasteiger partial charge in [-0.25, -0.2) is 5.01 Å².